The molecule has 0 bridgehead atoms. The van der Waals surface area contributed by atoms with Gasteiger partial charge in [-0.15, -0.1) is 0 Å². The molecule has 0 unspecified atom stereocenters. The summed E-state index contributed by atoms with van der Waals surface area (Å²) in [7, 11) is 0. The molecule has 3 aromatic carbocycles. The molecule has 1 N–H and O–H groups in total. The number of nitro groups is 1. The van der Waals surface area contributed by atoms with E-state index in [9.17, 15) is 14.9 Å². The summed E-state index contributed by atoms with van der Waals surface area (Å²) in [6, 6.07) is 18.6. The van der Waals surface area contributed by atoms with Crippen LogP contribution in [0.5, 0.6) is 11.5 Å². The monoisotopic (exact) mass is 389 g/mol. The first-order valence-corrected chi connectivity index (χ1v) is 8.69. The summed E-state index contributed by atoms with van der Waals surface area (Å²) < 4.78 is 10.5. The Kier molecular flexibility index (Phi) is 4.90. The fourth-order valence-electron chi connectivity index (χ4n) is 2.85. The minimum atomic E-state index is -0.517. The number of fused-ring (bicyclic) bond motifs is 1. The van der Waals surface area contributed by atoms with Crippen molar-refractivity contribution in [3.05, 3.63) is 88.0 Å². The summed E-state index contributed by atoms with van der Waals surface area (Å²) in [6.45, 7) is 0.00950. The quantitative estimate of drug-likeness (QED) is 0.397. The van der Waals surface area contributed by atoms with Crippen LogP contribution in [-0.2, 0) is 0 Å². The van der Waals surface area contributed by atoms with Gasteiger partial charge >= 0.3 is 0 Å². The van der Waals surface area contributed by atoms with Crippen LogP contribution in [0.4, 0.5) is 17.1 Å². The lowest BCUT2D eigenvalue weighted by Crippen LogP contribution is -2.11. The van der Waals surface area contributed by atoms with Gasteiger partial charge in [-0.25, -0.2) is 0 Å². The van der Waals surface area contributed by atoms with Crippen LogP contribution in [0.15, 0.2) is 71.7 Å². The number of para-hydroxylation sites is 2. The van der Waals surface area contributed by atoms with Gasteiger partial charge in [0.25, 0.3) is 11.6 Å². The Bertz CT molecular complexity index is 1110. The second-order valence-electron chi connectivity index (χ2n) is 6.12. The first-order chi connectivity index (χ1) is 14.1. The van der Waals surface area contributed by atoms with Crippen molar-refractivity contribution >= 4 is 29.2 Å². The molecule has 0 spiro atoms. The summed E-state index contributed by atoms with van der Waals surface area (Å²) in [6.07, 6.45) is 1.34. The maximum atomic E-state index is 12.6. The molecule has 0 radical (unpaired) electrons. The molecule has 0 fully saturated rings. The lowest BCUT2D eigenvalue weighted by molar-refractivity contribution is -0.385. The van der Waals surface area contributed by atoms with E-state index in [4.69, 9.17) is 9.47 Å². The number of ether oxygens (including phenoxy) is 2. The molecular formula is C21H15N3O5. The Morgan fingerprint density at radius 3 is 2.48 bits per heavy atom. The smallest absolute Gasteiger partial charge is 0.282 e. The van der Waals surface area contributed by atoms with E-state index in [1.807, 2.05) is 18.2 Å². The standard InChI is InChI=1S/C21H15N3O5/c25-21(23-15-6-2-1-3-7-15)16-8-4-5-9-17(16)22-12-14-10-19-20(29-13-28-19)11-18(14)24(26)27/h1-12H,13H2,(H,23,25). The van der Waals surface area contributed by atoms with Crippen LogP contribution < -0.4 is 14.8 Å². The second kappa shape index (κ2) is 7.81. The van der Waals surface area contributed by atoms with Gasteiger partial charge < -0.3 is 14.8 Å². The number of nitrogens with zero attached hydrogens (tertiary/aromatic N) is 2. The van der Waals surface area contributed by atoms with E-state index < -0.39 is 4.92 Å². The van der Waals surface area contributed by atoms with Crippen molar-refractivity contribution < 1.29 is 19.2 Å². The maximum absolute atomic E-state index is 12.6. The summed E-state index contributed by atoms with van der Waals surface area (Å²) in [5.41, 5.74) is 1.47. The molecule has 144 valence electrons. The molecule has 4 rings (SSSR count). The van der Waals surface area contributed by atoms with Crippen molar-refractivity contribution in [2.75, 3.05) is 12.1 Å². The molecule has 1 heterocycles. The minimum absolute atomic E-state index is 0.00950. The zero-order valence-electron chi connectivity index (χ0n) is 15.1. The fourth-order valence-corrected chi connectivity index (χ4v) is 2.85. The predicted molar refractivity (Wildman–Crippen MR) is 107 cm³/mol. The average Bonchev–Trinajstić information content (AvgIpc) is 3.20. The highest BCUT2D eigenvalue weighted by Gasteiger charge is 2.22. The molecule has 1 aliphatic rings. The number of benzene rings is 3. The Hall–Kier alpha value is -4.20. The fraction of sp³-hybridized carbons (Fsp3) is 0.0476. The SMILES string of the molecule is O=C(Nc1ccccc1)c1ccccc1N=Cc1cc2c(cc1[N+](=O)[O-])OCO2. The van der Waals surface area contributed by atoms with Gasteiger partial charge in [0.05, 0.1) is 27.8 Å². The average molecular weight is 389 g/mol. The van der Waals surface area contributed by atoms with Gasteiger partial charge in [0.15, 0.2) is 11.5 Å². The number of nitro benzene ring substituents is 1. The van der Waals surface area contributed by atoms with Crippen LogP contribution in [0.2, 0.25) is 0 Å². The molecule has 0 atom stereocenters. The third-order valence-corrected chi connectivity index (χ3v) is 4.24. The molecule has 0 saturated heterocycles. The van der Waals surface area contributed by atoms with Crippen molar-refractivity contribution in [2.45, 2.75) is 0 Å². The summed E-state index contributed by atoms with van der Waals surface area (Å²) in [5, 5.41) is 14.2. The van der Waals surface area contributed by atoms with Gasteiger partial charge in [-0.05, 0) is 30.3 Å². The normalized spacial score (nSPS) is 12.1. The molecule has 0 saturated carbocycles. The maximum Gasteiger partial charge on any atom is 0.282 e. The van der Waals surface area contributed by atoms with E-state index in [2.05, 4.69) is 10.3 Å². The van der Waals surface area contributed by atoms with E-state index in [0.29, 0.717) is 28.4 Å². The largest absolute Gasteiger partial charge is 0.454 e. The number of carbonyl (C=O) groups excluding carboxylic acids is 1. The number of aliphatic imine (C=N–C) groups is 1. The van der Waals surface area contributed by atoms with Crippen LogP contribution in [0.3, 0.4) is 0 Å². The first kappa shape index (κ1) is 18.2. The van der Waals surface area contributed by atoms with Crippen molar-refractivity contribution in [1.29, 1.82) is 0 Å². The molecule has 0 aliphatic carbocycles. The Morgan fingerprint density at radius 1 is 1.03 bits per heavy atom. The molecule has 3 aromatic rings. The molecule has 8 heteroatoms. The van der Waals surface area contributed by atoms with Crippen molar-refractivity contribution in [3.63, 3.8) is 0 Å². The molecule has 29 heavy (non-hydrogen) atoms. The number of hydrogen-bond donors (Lipinski definition) is 1. The Morgan fingerprint density at radius 2 is 1.72 bits per heavy atom. The predicted octanol–water partition coefficient (Wildman–Crippen LogP) is 4.33. The van der Waals surface area contributed by atoms with E-state index in [0.717, 1.165) is 0 Å². The van der Waals surface area contributed by atoms with Crippen molar-refractivity contribution in [2.24, 2.45) is 4.99 Å². The zero-order valence-corrected chi connectivity index (χ0v) is 15.1. The van der Waals surface area contributed by atoms with Gasteiger partial charge in [-0.2, -0.15) is 0 Å². The van der Waals surface area contributed by atoms with Crippen LogP contribution in [0.1, 0.15) is 15.9 Å². The lowest BCUT2D eigenvalue weighted by Gasteiger charge is -2.07. The van der Waals surface area contributed by atoms with Gasteiger partial charge in [-0.1, -0.05) is 30.3 Å². The summed E-state index contributed by atoms with van der Waals surface area (Å²) >= 11 is 0. The van der Waals surface area contributed by atoms with Crippen molar-refractivity contribution in [1.82, 2.24) is 0 Å². The molecular weight excluding hydrogens is 374 g/mol. The minimum Gasteiger partial charge on any atom is -0.454 e. The van der Waals surface area contributed by atoms with Gasteiger partial charge in [0, 0.05) is 11.9 Å². The Balaban J connectivity index is 1.65. The Labute approximate surface area is 165 Å². The number of amides is 1. The topological polar surface area (TPSA) is 103 Å². The second-order valence-corrected chi connectivity index (χ2v) is 6.12. The van der Waals surface area contributed by atoms with Crippen LogP contribution in [-0.4, -0.2) is 23.8 Å². The highest BCUT2D eigenvalue weighted by molar-refractivity contribution is 6.08. The van der Waals surface area contributed by atoms with E-state index in [1.54, 1.807) is 36.4 Å². The highest BCUT2D eigenvalue weighted by atomic mass is 16.7. The van der Waals surface area contributed by atoms with Gasteiger partial charge in [0.1, 0.15) is 0 Å². The molecule has 1 amide bonds. The summed E-state index contributed by atoms with van der Waals surface area (Å²) in [4.78, 5) is 27.8. The molecule has 8 nitrogen and oxygen atoms in total. The third-order valence-electron chi connectivity index (χ3n) is 4.24. The van der Waals surface area contributed by atoms with E-state index >= 15 is 0 Å². The molecule has 0 aromatic heterocycles. The van der Waals surface area contributed by atoms with Crippen LogP contribution in [0, 0.1) is 10.1 Å². The van der Waals surface area contributed by atoms with Gasteiger partial charge in [-0.3, -0.25) is 19.9 Å². The summed E-state index contributed by atoms with van der Waals surface area (Å²) in [5.74, 6) is 0.396. The number of rotatable bonds is 5. The van der Waals surface area contributed by atoms with Crippen LogP contribution in [0.25, 0.3) is 0 Å². The molecule has 1 aliphatic heterocycles. The third kappa shape index (κ3) is 3.91. The first-order valence-electron chi connectivity index (χ1n) is 8.69. The van der Waals surface area contributed by atoms with Crippen LogP contribution >= 0.6 is 0 Å². The van der Waals surface area contributed by atoms with Crippen molar-refractivity contribution in [3.8, 4) is 11.5 Å². The van der Waals surface area contributed by atoms with E-state index in [1.165, 1.54) is 18.3 Å². The number of hydrogen-bond acceptors (Lipinski definition) is 6. The zero-order chi connectivity index (χ0) is 20.2. The number of nitrogens with one attached hydrogen (secondary N) is 1. The lowest BCUT2D eigenvalue weighted by atomic mass is 10.1. The number of anilines is 1. The van der Waals surface area contributed by atoms with Gasteiger partial charge in [0.2, 0.25) is 6.79 Å². The highest BCUT2D eigenvalue weighted by Crippen LogP contribution is 2.37. The number of carbonyl (C=O) groups is 1. The van der Waals surface area contributed by atoms with E-state index in [-0.39, 0.29) is 24.0 Å².